The molecular formula is C13H19NO2. The van der Waals surface area contributed by atoms with Gasteiger partial charge in [-0.1, -0.05) is 45.0 Å². The quantitative estimate of drug-likeness (QED) is 0.821. The van der Waals surface area contributed by atoms with Crippen molar-refractivity contribution < 1.29 is 9.90 Å². The number of hydrogen-bond donors (Lipinski definition) is 2. The van der Waals surface area contributed by atoms with Gasteiger partial charge in [-0.3, -0.25) is 4.79 Å². The molecule has 0 radical (unpaired) electrons. The van der Waals surface area contributed by atoms with Crippen LogP contribution in [0.1, 0.15) is 43.9 Å². The maximum atomic E-state index is 10.8. The Morgan fingerprint density at radius 3 is 1.94 bits per heavy atom. The number of hydrogen-bond acceptors (Lipinski definition) is 2. The summed E-state index contributed by atoms with van der Waals surface area (Å²) in [5.41, 5.74) is 7.99. The first-order valence-electron chi connectivity index (χ1n) is 5.51. The van der Waals surface area contributed by atoms with Crippen LogP contribution in [0.25, 0.3) is 0 Å². The summed E-state index contributed by atoms with van der Waals surface area (Å²) in [5, 5.41) is 8.88. The van der Waals surface area contributed by atoms with Gasteiger partial charge in [-0.25, -0.2) is 0 Å². The molecule has 2 unspecified atom stereocenters. The SMILES string of the molecule is CC(C)c1ccc(C(N)C(C)C(=O)O)cc1. The first-order valence-corrected chi connectivity index (χ1v) is 5.51. The predicted octanol–water partition coefficient (Wildman–Crippen LogP) is 2.53. The summed E-state index contributed by atoms with van der Waals surface area (Å²) in [5.74, 6) is -0.951. The molecule has 0 aliphatic carbocycles. The maximum absolute atomic E-state index is 10.8. The van der Waals surface area contributed by atoms with Gasteiger partial charge in [0.1, 0.15) is 0 Å². The first kappa shape index (κ1) is 12.7. The molecule has 0 aliphatic heterocycles. The molecule has 1 aromatic carbocycles. The smallest absolute Gasteiger partial charge is 0.308 e. The highest BCUT2D eigenvalue weighted by atomic mass is 16.4. The average Bonchev–Trinajstić information content (AvgIpc) is 2.27. The van der Waals surface area contributed by atoms with Crippen LogP contribution in [0.15, 0.2) is 24.3 Å². The van der Waals surface area contributed by atoms with Crippen LogP contribution >= 0.6 is 0 Å². The summed E-state index contributed by atoms with van der Waals surface area (Å²) in [4.78, 5) is 10.8. The fourth-order valence-corrected chi connectivity index (χ4v) is 1.55. The van der Waals surface area contributed by atoms with Crippen molar-refractivity contribution in [3.8, 4) is 0 Å². The van der Waals surface area contributed by atoms with Gasteiger partial charge in [0.25, 0.3) is 0 Å². The highest BCUT2D eigenvalue weighted by molar-refractivity contribution is 5.70. The van der Waals surface area contributed by atoms with Crippen molar-refractivity contribution in [2.24, 2.45) is 11.7 Å². The fourth-order valence-electron chi connectivity index (χ4n) is 1.55. The Bertz CT molecular complexity index is 357. The summed E-state index contributed by atoms with van der Waals surface area (Å²) < 4.78 is 0. The van der Waals surface area contributed by atoms with Crippen molar-refractivity contribution in [2.45, 2.75) is 32.7 Å². The normalized spacial score (nSPS) is 14.8. The number of carbonyl (C=O) groups is 1. The third-order valence-electron chi connectivity index (χ3n) is 2.92. The maximum Gasteiger partial charge on any atom is 0.308 e. The Morgan fingerprint density at radius 2 is 1.56 bits per heavy atom. The molecule has 1 aromatic rings. The molecule has 0 saturated carbocycles. The monoisotopic (exact) mass is 221 g/mol. The van der Waals surface area contributed by atoms with Crippen molar-refractivity contribution in [3.05, 3.63) is 35.4 Å². The average molecular weight is 221 g/mol. The van der Waals surface area contributed by atoms with Gasteiger partial charge in [-0.05, 0) is 17.0 Å². The largest absolute Gasteiger partial charge is 0.481 e. The minimum Gasteiger partial charge on any atom is -0.481 e. The Hall–Kier alpha value is -1.35. The summed E-state index contributed by atoms with van der Waals surface area (Å²) >= 11 is 0. The molecule has 0 saturated heterocycles. The Kier molecular flexibility index (Phi) is 4.07. The Morgan fingerprint density at radius 1 is 1.12 bits per heavy atom. The molecule has 16 heavy (non-hydrogen) atoms. The molecule has 0 heterocycles. The predicted molar refractivity (Wildman–Crippen MR) is 64.3 cm³/mol. The minimum absolute atomic E-state index is 0.446. The molecular weight excluding hydrogens is 202 g/mol. The molecule has 3 N–H and O–H groups in total. The number of carboxylic acids is 1. The summed E-state index contributed by atoms with van der Waals surface area (Å²) in [6.07, 6.45) is 0. The Labute approximate surface area is 96.3 Å². The summed E-state index contributed by atoms with van der Waals surface area (Å²) in [6, 6.07) is 7.40. The fraction of sp³-hybridized carbons (Fsp3) is 0.462. The van der Waals surface area contributed by atoms with Crippen LogP contribution in [-0.2, 0) is 4.79 Å². The third-order valence-corrected chi connectivity index (χ3v) is 2.92. The third kappa shape index (κ3) is 2.83. The molecule has 3 nitrogen and oxygen atoms in total. The second kappa shape index (κ2) is 5.12. The molecule has 0 bridgehead atoms. The van der Waals surface area contributed by atoms with Crippen LogP contribution in [0, 0.1) is 5.92 Å². The van der Waals surface area contributed by atoms with Crippen LogP contribution in [0.3, 0.4) is 0 Å². The van der Waals surface area contributed by atoms with Crippen LogP contribution < -0.4 is 5.73 Å². The van der Waals surface area contributed by atoms with E-state index >= 15 is 0 Å². The molecule has 1 rings (SSSR count). The second-order valence-corrected chi connectivity index (χ2v) is 4.47. The standard InChI is InChI=1S/C13H19NO2/c1-8(2)10-4-6-11(7-5-10)12(14)9(3)13(15)16/h4-9,12H,14H2,1-3H3,(H,15,16). The lowest BCUT2D eigenvalue weighted by Crippen LogP contribution is -2.25. The Balaban J connectivity index is 2.85. The van der Waals surface area contributed by atoms with Crippen molar-refractivity contribution >= 4 is 5.97 Å². The molecule has 0 aromatic heterocycles. The van der Waals surface area contributed by atoms with E-state index in [4.69, 9.17) is 10.8 Å². The van der Waals surface area contributed by atoms with Gasteiger partial charge < -0.3 is 10.8 Å². The first-order chi connectivity index (χ1) is 7.43. The summed E-state index contributed by atoms with van der Waals surface area (Å²) in [7, 11) is 0. The van der Waals surface area contributed by atoms with E-state index in [2.05, 4.69) is 13.8 Å². The molecule has 2 atom stereocenters. The summed E-state index contributed by atoms with van der Waals surface area (Å²) in [6.45, 7) is 5.87. The highest BCUT2D eigenvalue weighted by Gasteiger charge is 2.21. The van der Waals surface area contributed by atoms with E-state index in [9.17, 15) is 4.79 Å². The van der Waals surface area contributed by atoms with Gasteiger partial charge in [-0.2, -0.15) is 0 Å². The highest BCUT2D eigenvalue weighted by Crippen LogP contribution is 2.22. The van der Waals surface area contributed by atoms with E-state index in [0.29, 0.717) is 5.92 Å². The van der Waals surface area contributed by atoms with E-state index in [1.807, 2.05) is 24.3 Å². The lowest BCUT2D eigenvalue weighted by Gasteiger charge is -2.17. The van der Waals surface area contributed by atoms with Gasteiger partial charge in [0.05, 0.1) is 5.92 Å². The van der Waals surface area contributed by atoms with Crippen molar-refractivity contribution in [2.75, 3.05) is 0 Å². The van der Waals surface area contributed by atoms with E-state index < -0.39 is 17.9 Å². The van der Waals surface area contributed by atoms with Crippen molar-refractivity contribution in [3.63, 3.8) is 0 Å². The number of aliphatic carboxylic acids is 1. The molecule has 3 heteroatoms. The molecule has 0 amide bonds. The van der Waals surface area contributed by atoms with Crippen LogP contribution in [-0.4, -0.2) is 11.1 Å². The van der Waals surface area contributed by atoms with E-state index in [-0.39, 0.29) is 0 Å². The zero-order valence-electron chi connectivity index (χ0n) is 9.97. The van der Waals surface area contributed by atoms with Crippen molar-refractivity contribution in [1.29, 1.82) is 0 Å². The number of carboxylic acid groups (broad SMARTS) is 1. The molecule has 0 spiro atoms. The number of benzene rings is 1. The van der Waals surface area contributed by atoms with E-state index in [1.54, 1.807) is 6.92 Å². The zero-order valence-corrected chi connectivity index (χ0v) is 9.97. The van der Waals surface area contributed by atoms with Gasteiger partial charge >= 0.3 is 5.97 Å². The molecule has 0 fully saturated rings. The van der Waals surface area contributed by atoms with Gasteiger partial charge in [0, 0.05) is 6.04 Å². The number of rotatable bonds is 4. The van der Waals surface area contributed by atoms with Crippen LogP contribution in [0.5, 0.6) is 0 Å². The van der Waals surface area contributed by atoms with Gasteiger partial charge in [-0.15, -0.1) is 0 Å². The molecule has 88 valence electrons. The lowest BCUT2D eigenvalue weighted by atomic mass is 9.93. The second-order valence-electron chi connectivity index (χ2n) is 4.47. The van der Waals surface area contributed by atoms with E-state index in [1.165, 1.54) is 5.56 Å². The van der Waals surface area contributed by atoms with E-state index in [0.717, 1.165) is 5.56 Å². The van der Waals surface area contributed by atoms with Gasteiger partial charge in [0.15, 0.2) is 0 Å². The minimum atomic E-state index is -0.861. The van der Waals surface area contributed by atoms with Crippen LogP contribution in [0.4, 0.5) is 0 Å². The zero-order chi connectivity index (χ0) is 12.3. The topological polar surface area (TPSA) is 63.3 Å². The lowest BCUT2D eigenvalue weighted by molar-refractivity contribution is -0.141. The van der Waals surface area contributed by atoms with Gasteiger partial charge in [0.2, 0.25) is 0 Å². The van der Waals surface area contributed by atoms with Crippen LogP contribution in [0.2, 0.25) is 0 Å². The molecule has 0 aliphatic rings. The number of nitrogens with two attached hydrogens (primary N) is 1. The van der Waals surface area contributed by atoms with Crippen molar-refractivity contribution in [1.82, 2.24) is 0 Å².